The van der Waals surface area contributed by atoms with E-state index in [0.717, 1.165) is 24.9 Å². The molecule has 0 radical (unpaired) electrons. The van der Waals surface area contributed by atoms with Crippen molar-refractivity contribution in [2.75, 3.05) is 11.9 Å². The van der Waals surface area contributed by atoms with E-state index < -0.39 is 0 Å². The van der Waals surface area contributed by atoms with E-state index in [1.807, 2.05) is 19.9 Å². The van der Waals surface area contributed by atoms with Crippen LogP contribution in [0.3, 0.4) is 0 Å². The van der Waals surface area contributed by atoms with Gasteiger partial charge in [-0.2, -0.15) is 0 Å². The predicted octanol–water partition coefficient (Wildman–Crippen LogP) is 4.30. The fourth-order valence-electron chi connectivity index (χ4n) is 2.13. The zero-order valence-corrected chi connectivity index (χ0v) is 14.5. The summed E-state index contributed by atoms with van der Waals surface area (Å²) in [5, 5.41) is 7.81. The number of halogens is 1. The molecule has 0 fully saturated rings. The number of ether oxygens (including phenoxy) is 1. The molecule has 23 heavy (non-hydrogen) atoms. The number of nitrogens with zero attached hydrogens (tertiary/aromatic N) is 2. The molecule has 1 heterocycles. The van der Waals surface area contributed by atoms with Crippen LogP contribution >= 0.6 is 11.6 Å². The number of aryl methyl sites for hydroxylation is 2. The number of hydrogen-bond donors (Lipinski definition) is 1. The number of carbonyl (C=O) groups is 1. The summed E-state index contributed by atoms with van der Waals surface area (Å²) in [6.45, 7) is 7.26. The van der Waals surface area contributed by atoms with Crippen LogP contribution < -0.4 is 10.1 Å². The molecule has 2 aromatic rings. The largest absolute Gasteiger partial charge is 0.476 e. The van der Waals surface area contributed by atoms with E-state index in [-0.39, 0.29) is 5.91 Å². The van der Waals surface area contributed by atoms with Gasteiger partial charge in [-0.25, -0.2) is 0 Å². The minimum atomic E-state index is -0.246. The van der Waals surface area contributed by atoms with Crippen LogP contribution in [0, 0.1) is 6.92 Å². The van der Waals surface area contributed by atoms with Crippen LogP contribution in [0.2, 0.25) is 5.02 Å². The number of anilines is 1. The molecule has 0 saturated heterocycles. The van der Waals surface area contributed by atoms with Gasteiger partial charge < -0.3 is 10.1 Å². The van der Waals surface area contributed by atoms with Crippen molar-refractivity contribution in [2.45, 2.75) is 40.2 Å². The molecule has 0 aliphatic carbocycles. The summed E-state index contributed by atoms with van der Waals surface area (Å²) >= 11 is 6.00. The second-order valence-electron chi connectivity index (χ2n) is 5.37. The number of hydrogen-bond acceptors (Lipinski definition) is 3. The van der Waals surface area contributed by atoms with E-state index in [9.17, 15) is 4.79 Å². The van der Waals surface area contributed by atoms with Gasteiger partial charge in [-0.05, 0) is 37.5 Å². The Labute approximate surface area is 141 Å². The number of rotatable bonds is 7. The molecule has 0 spiro atoms. The van der Waals surface area contributed by atoms with Gasteiger partial charge in [0, 0.05) is 23.5 Å². The van der Waals surface area contributed by atoms with Crippen molar-refractivity contribution in [2.24, 2.45) is 0 Å². The average Bonchev–Trinajstić information content (AvgIpc) is 2.92. The number of aromatic nitrogens is 2. The van der Waals surface area contributed by atoms with Crippen LogP contribution in [0.25, 0.3) is 0 Å². The number of amides is 1. The third kappa shape index (κ3) is 4.48. The maximum Gasteiger partial charge on any atom is 0.262 e. The first-order valence-corrected chi connectivity index (χ1v) is 8.20. The highest BCUT2D eigenvalue weighted by molar-refractivity contribution is 6.31. The highest BCUT2D eigenvalue weighted by Gasteiger charge is 2.18. The molecule has 0 atom stereocenters. The van der Waals surface area contributed by atoms with Gasteiger partial charge in [0.15, 0.2) is 0 Å². The molecule has 1 aromatic heterocycles. The zero-order chi connectivity index (χ0) is 16.8. The second-order valence-corrected chi connectivity index (χ2v) is 5.81. The summed E-state index contributed by atoms with van der Waals surface area (Å²) in [5.74, 6) is 0.126. The minimum absolute atomic E-state index is 0.246. The summed E-state index contributed by atoms with van der Waals surface area (Å²) in [6, 6.07) is 5.40. The molecule has 0 bridgehead atoms. The Hall–Kier alpha value is -2.01. The van der Waals surface area contributed by atoms with Crippen molar-refractivity contribution in [1.29, 1.82) is 0 Å². The molecular formula is C17H22ClN3O2. The lowest BCUT2D eigenvalue weighted by atomic mass is 10.2. The van der Waals surface area contributed by atoms with E-state index in [0.29, 0.717) is 28.8 Å². The maximum atomic E-state index is 12.6. The quantitative estimate of drug-likeness (QED) is 0.820. The summed E-state index contributed by atoms with van der Waals surface area (Å²) in [5.41, 5.74) is 2.07. The number of nitrogens with one attached hydrogen (secondary N) is 1. The van der Waals surface area contributed by atoms with Gasteiger partial charge in [0.05, 0.1) is 6.61 Å². The molecule has 0 aliphatic heterocycles. The monoisotopic (exact) mass is 335 g/mol. The van der Waals surface area contributed by atoms with Gasteiger partial charge in [-0.15, -0.1) is 5.10 Å². The lowest BCUT2D eigenvalue weighted by Gasteiger charge is -2.09. The number of benzene rings is 1. The molecule has 1 aromatic carbocycles. The van der Waals surface area contributed by atoms with Gasteiger partial charge in [-0.3, -0.25) is 9.48 Å². The fourth-order valence-corrected chi connectivity index (χ4v) is 2.30. The summed E-state index contributed by atoms with van der Waals surface area (Å²) in [6.07, 6.45) is 3.52. The molecular weight excluding hydrogens is 314 g/mol. The van der Waals surface area contributed by atoms with Crippen LogP contribution in [0.4, 0.5) is 5.69 Å². The third-order valence-corrected chi connectivity index (χ3v) is 3.55. The first kappa shape index (κ1) is 17.3. The first-order valence-electron chi connectivity index (χ1n) is 7.82. The van der Waals surface area contributed by atoms with E-state index in [2.05, 4.69) is 17.3 Å². The number of carbonyl (C=O) groups excluding carboxylic acids is 1. The Morgan fingerprint density at radius 3 is 2.83 bits per heavy atom. The Morgan fingerprint density at radius 2 is 2.13 bits per heavy atom. The van der Waals surface area contributed by atoms with Crippen molar-refractivity contribution >= 4 is 23.2 Å². The molecule has 0 unspecified atom stereocenters. The Bertz CT molecular complexity index is 682. The van der Waals surface area contributed by atoms with E-state index in [4.69, 9.17) is 16.3 Å². The molecule has 2 rings (SSSR count). The summed E-state index contributed by atoms with van der Waals surface area (Å²) in [7, 11) is 0. The zero-order valence-electron chi connectivity index (χ0n) is 13.7. The molecule has 0 aliphatic rings. The molecule has 124 valence electrons. The molecule has 5 nitrogen and oxygen atoms in total. The van der Waals surface area contributed by atoms with Gasteiger partial charge in [0.25, 0.3) is 5.91 Å². The van der Waals surface area contributed by atoms with Crippen LogP contribution in [0.1, 0.15) is 42.6 Å². The third-order valence-electron chi connectivity index (χ3n) is 3.32. The van der Waals surface area contributed by atoms with Gasteiger partial charge >= 0.3 is 0 Å². The van der Waals surface area contributed by atoms with Crippen LogP contribution in [0.5, 0.6) is 5.88 Å². The van der Waals surface area contributed by atoms with Crippen LogP contribution in [0.15, 0.2) is 24.4 Å². The lowest BCUT2D eigenvalue weighted by Crippen LogP contribution is -2.13. The average molecular weight is 336 g/mol. The standard InChI is InChI=1S/C17H22ClN3O2/c1-4-8-21-11-14(17(20-21)23-9-5-2)16(22)19-15-10-13(18)7-6-12(15)3/h6-7,10-11H,4-5,8-9H2,1-3H3,(H,19,22). The van der Waals surface area contributed by atoms with Crippen molar-refractivity contribution in [3.8, 4) is 5.88 Å². The van der Waals surface area contributed by atoms with E-state index >= 15 is 0 Å². The van der Waals surface area contributed by atoms with Gasteiger partial charge in [-0.1, -0.05) is 31.5 Å². The Kier molecular flexibility index (Phi) is 6.04. The van der Waals surface area contributed by atoms with Crippen LogP contribution in [-0.2, 0) is 6.54 Å². The molecule has 1 amide bonds. The van der Waals surface area contributed by atoms with Crippen molar-refractivity contribution in [3.63, 3.8) is 0 Å². The molecule has 1 N–H and O–H groups in total. The lowest BCUT2D eigenvalue weighted by molar-refractivity contribution is 0.102. The Balaban J connectivity index is 2.24. The van der Waals surface area contributed by atoms with E-state index in [1.54, 1.807) is 23.0 Å². The highest BCUT2D eigenvalue weighted by Crippen LogP contribution is 2.23. The van der Waals surface area contributed by atoms with Gasteiger partial charge in [0.2, 0.25) is 5.88 Å². The van der Waals surface area contributed by atoms with Crippen molar-refractivity contribution < 1.29 is 9.53 Å². The summed E-state index contributed by atoms with van der Waals surface area (Å²) < 4.78 is 7.35. The summed E-state index contributed by atoms with van der Waals surface area (Å²) in [4.78, 5) is 12.6. The topological polar surface area (TPSA) is 56.2 Å². The molecule has 6 heteroatoms. The van der Waals surface area contributed by atoms with Crippen LogP contribution in [-0.4, -0.2) is 22.3 Å². The second kappa shape index (κ2) is 8.02. The normalized spacial score (nSPS) is 10.6. The minimum Gasteiger partial charge on any atom is -0.476 e. The Morgan fingerprint density at radius 1 is 1.35 bits per heavy atom. The molecule has 0 saturated carbocycles. The van der Waals surface area contributed by atoms with Crippen molar-refractivity contribution in [1.82, 2.24) is 9.78 Å². The van der Waals surface area contributed by atoms with Gasteiger partial charge in [0.1, 0.15) is 5.56 Å². The fraction of sp³-hybridized carbons (Fsp3) is 0.412. The SMILES string of the molecule is CCCOc1nn(CCC)cc1C(=O)Nc1cc(Cl)ccc1C. The first-order chi connectivity index (χ1) is 11.0. The highest BCUT2D eigenvalue weighted by atomic mass is 35.5. The smallest absolute Gasteiger partial charge is 0.262 e. The maximum absolute atomic E-state index is 12.6. The van der Waals surface area contributed by atoms with E-state index in [1.165, 1.54) is 0 Å². The predicted molar refractivity (Wildman–Crippen MR) is 92.4 cm³/mol. The van der Waals surface area contributed by atoms with Crippen molar-refractivity contribution in [3.05, 3.63) is 40.5 Å².